The molecule has 1 aromatic rings. The Balaban J connectivity index is 2.78. The molecule has 0 aliphatic carbocycles. The fraction of sp³-hybridized carbons (Fsp3) is 0.500. The van der Waals surface area contributed by atoms with Gasteiger partial charge >= 0.3 is 0 Å². The summed E-state index contributed by atoms with van der Waals surface area (Å²) in [6.07, 6.45) is 1.23. The number of hydrogen-bond donors (Lipinski definition) is 1. The zero-order valence-electron chi connectivity index (χ0n) is 11.8. The van der Waals surface area contributed by atoms with E-state index >= 15 is 0 Å². The Labute approximate surface area is 125 Å². The van der Waals surface area contributed by atoms with Crippen LogP contribution in [0.25, 0.3) is 0 Å². The number of benzene rings is 1. The van der Waals surface area contributed by atoms with Crippen molar-refractivity contribution < 1.29 is 8.42 Å². The topological polar surface area (TPSA) is 70.0 Å². The highest BCUT2D eigenvalue weighted by Crippen LogP contribution is 2.25. The maximum Gasteiger partial charge on any atom is 0.148 e. The van der Waals surface area contributed by atoms with Crippen LogP contribution in [0.5, 0.6) is 0 Å². The van der Waals surface area contributed by atoms with E-state index in [4.69, 9.17) is 0 Å². The predicted octanol–water partition coefficient (Wildman–Crippen LogP) is 1.79. The number of hydrogen-bond acceptors (Lipinski definition) is 5. The average molecular weight is 312 g/mol. The van der Waals surface area contributed by atoms with Gasteiger partial charge in [0.2, 0.25) is 0 Å². The van der Waals surface area contributed by atoms with Crippen LogP contribution < -0.4 is 5.32 Å². The quantitative estimate of drug-likeness (QED) is 0.741. The lowest BCUT2D eigenvalue weighted by Crippen LogP contribution is -2.43. The number of rotatable bonds is 8. The van der Waals surface area contributed by atoms with E-state index in [1.807, 2.05) is 37.3 Å². The van der Waals surface area contributed by atoms with E-state index in [0.717, 1.165) is 5.56 Å². The van der Waals surface area contributed by atoms with Gasteiger partial charge in [0.1, 0.15) is 15.4 Å². The van der Waals surface area contributed by atoms with Crippen molar-refractivity contribution in [3.05, 3.63) is 35.9 Å². The largest absolute Gasteiger partial charge is 0.295 e. The summed E-state index contributed by atoms with van der Waals surface area (Å²) in [5.41, 5.74) is 0.147. The van der Waals surface area contributed by atoms with Crippen molar-refractivity contribution in [3.8, 4) is 6.07 Å². The second kappa shape index (κ2) is 7.67. The number of nitriles is 1. The zero-order chi connectivity index (χ0) is 15.1. The maximum absolute atomic E-state index is 11.1. The fourth-order valence-electron chi connectivity index (χ4n) is 1.83. The van der Waals surface area contributed by atoms with Crippen LogP contribution in [0.2, 0.25) is 0 Å². The van der Waals surface area contributed by atoms with E-state index in [0.29, 0.717) is 18.1 Å². The third kappa shape index (κ3) is 5.16. The Morgan fingerprint density at radius 3 is 2.50 bits per heavy atom. The molecule has 1 rings (SSSR count). The van der Waals surface area contributed by atoms with Gasteiger partial charge in [-0.2, -0.15) is 17.0 Å². The Kier molecular flexibility index (Phi) is 6.53. The van der Waals surface area contributed by atoms with Crippen LogP contribution in [0, 0.1) is 11.3 Å². The molecule has 0 amide bonds. The third-order valence-corrected chi connectivity index (χ3v) is 5.19. The smallest absolute Gasteiger partial charge is 0.148 e. The predicted molar refractivity (Wildman–Crippen MR) is 84.4 cm³/mol. The van der Waals surface area contributed by atoms with Crippen molar-refractivity contribution >= 4 is 21.6 Å². The van der Waals surface area contributed by atoms with Gasteiger partial charge in [-0.1, -0.05) is 37.3 Å². The van der Waals surface area contributed by atoms with Crippen LogP contribution in [0.15, 0.2) is 30.3 Å². The third-order valence-electron chi connectivity index (χ3n) is 2.85. The first-order chi connectivity index (χ1) is 9.43. The van der Waals surface area contributed by atoms with Crippen molar-refractivity contribution in [2.45, 2.75) is 12.5 Å². The lowest BCUT2D eigenvalue weighted by Gasteiger charge is -2.27. The molecule has 0 saturated carbocycles. The first-order valence-corrected chi connectivity index (χ1v) is 9.62. The number of sulfone groups is 1. The molecule has 1 aromatic carbocycles. The van der Waals surface area contributed by atoms with E-state index in [1.54, 1.807) is 0 Å². The van der Waals surface area contributed by atoms with Gasteiger partial charge in [-0.05, 0) is 12.1 Å². The lowest BCUT2D eigenvalue weighted by atomic mass is 9.93. The number of nitrogens with one attached hydrogen (secondary N) is 1. The van der Waals surface area contributed by atoms with E-state index in [-0.39, 0.29) is 5.75 Å². The molecule has 0 aliphatic rings. The molecule has 1 N–H and O–H groups in total. The summed E-state index contributed by atoms with van der Waals surface area (Å²) in [5, 5.41) is 12.8. The molecular weight excluding hydrogens is 292 g/mol. The van der Waals surface area contributed by atoms with Crippen molar-refractivity contribution in [1.82, 2.24) is 5.32 Å². The normalized spacial score (nSPS) is 14.4. The second-order valence-electron chi connectivity index (χ2n) is 4.60. The van der Waals surface area contributed by atoms with Gasteiger partial charge in [0, 0.05) is 17.8 Å². The summed E-state index contributed by atoms with van der Waals surface area (Å²) in [6, 6.07) is 11.9. The molecule has 0 bridgehead atoms. The maximum atomic E-state index is 11.1. The molecular formula is C14H20N2O2S2. The highest BCUT2D eigenvalue weighted by atomic mass is 32.2. The monoisotopic (exact) mass is 312 g/mol. The SMILES string of the molecule is CCNC(C#N)(CSCCS(C)(=O)=O)c1ccccc1. The van der Waals surface area contributed by atoms with Crippen LogP contribution in [-0.4, -0.2) is 38.5 Å². The van der Waals surface area contributed by atoms with E-state index in [1.165, 1.54) is 18.0 Å². The number of thioether (sulfide) groups is 1. The summed E-state index contributed by atoms with van der Waals surface area (Å²) < 4.78 is 22.3. The molecule has 1 unspecified atom stereocenters. The van der Waals surface area contributed by atoms with E-state index in [2.05, 4.69) is 11.4 Å². The van der Waals surface area contributed by atoms with Crippen LogP contribution in [-0.2, 0) is 15.4 Å². The molecule has 0 heterocycles. The highest BCUT2D eigenvalue weighted by Gasteiger charge is 2.31. The molecule has 6 heteroatoms. The Hall–Kier alpha value is -1.03. The molecule has 0 radical (unpaired) electrons. The van der Waals surface area contributed by atoms with E-state index in [9.17, 15) is 13.7 Å². The Morgan fingerprint density at radius 2 is 2.00 bits per heavy atom. The summed E-state index contributed by atoms with van der Waals surface area (Å²) in [4.78, 5) is 0. The second-order valence-corrected chi connectivity index (χ2v) is 7.96. The van der Waals surface area contributed by atoms with Gasteiger partial charge in [0.25, 0.3) is 0 Å². The fourth-order valence-corrected chi connectivity index (χ4v) is 4.30. The number of nitrogens with zero attached hydrogens (tertiary/aromatic N) is 1. The van der Waals surface area contributed by atoms with Gasteiger partial charge < -0.3 is 0 Å². The molecule has 0 aliphatic heterocycles. The summed E-state index contributed by atoms with van der Waals surface area (Å²) >= 11 is 1.48. The van der Waals surface area contributed by atoms with Gasteiger partial charge in [0.15, 0.2) is 0 Å². The lowest BCUT2D eigenvalue weighted by molar-refractivity contribution is 0.490. The van der Waals surface area contributed by atoms with Gasteiger partial charge in [-0.25, -0.2) is 8.42 Å². The zero-order valence-corrected chi connectivity index (χ0v) is 13.4. The van der Waals surface area contributed by atoms with Gasteiger partial charge in [0.05, 0.1) is 11.8 Å². The molecule has 1 atom stereocenters. The van der Waals surface area contributed by atoms with Crippen LogP contribution in [0.1, 0.15) is 12.5 Å². The Morgan fingerprint density at radius 1 is 1.35 bits per heavy atom. The molecule has 0 saturated heterocycles. The minimum absolute atomic E-state index is 0.139. The molecule has 0 fully saturated rings. The minimum atomic E-state index is -2.95. The van der Waals surface area contributed by atoms with Crippen LogP contribution in [0.3, 0.4) is 0 Å². The molecule has 4 nitrogen and oxygen atoms in total. The standard InChI is InChI=1S/C14H20N2O2S2/c1-3-16-14(11-15,13-7-5-4-6-8-13)12-19-9-10-20(2,17)18/h4-8,16H,3,9-10,12H2,1-2H3. The summed E-state index contributed by atoms with van der Waals surface area (Å²) in [5.74, 6) is 1.16. The highest BCUT2D eigenvalue weighted by molar-refractivity contribution is 8.00. The van der Waals surface area contributed by atoms with Crippen LogP contribution >= 0.6 is 11.8 Å². The molecule has 0 spiro atoms. The summed E-state index contributed by atoms with van der Waals surface area (Å²) in [6.45, 7) is 2.63. The van der Waals surface area contributed by atoms with Crippen LogP contribution in [0.4, 0.5) is 0 Å². The summed E-state index contributed by atoms with van der Waals surface area (Å²) in [7, 11) is -2.95. The van der Waals surface area contributed by atoms with Crippen molar-refractivity contribution in [2.75, 3.05) is 30.1 Å². The van der Waals surface area contributed by atoms with E-state index < -0.39 is 15.4 Å². The molecule has 20 heavy (non-hydrogen) atoms. The molecule has 0 aromatic heterocycles. The Bertz CT molecular complexity index is 552. The van der Waals surface area contributed by atoms with Gasteiger partial charge in [-0.3, -0.25) is 5.32 Å². The average Bonchev–Trinajstić information content (AvgIpc) is 2.42. The first-order valence-electron chi connectivity index (χ1n) is 6.41. The van der Waals surface area contributed by atoms with Crippen molar-refractivity contribution in [1.29, 1.82) is 5.26 Å². The first kappa shape index (κ1) is 17.0. The van der Waals surface area contributed by atoms with Crippen molar-refractivity contribution in [2.24, 2.45) is 0 Å². The van der Waals surface area contributed by atoms with Gasteiger partial charge in [-0.15, -0.1) is 0 Å². The minimum Gasteiger partial charge on any atom is -0.295 e. The van der Waals surface area contributed by atoms with Crippen molar-refractivity contribution in [3.63, 3.8) is 0 Å². The molecule has 110 valence electrons.